The molecule has 0 bridgehead atoms. The van der Waals surface area contributed by atoms with E-state index in [4.69, 9.17) is 21.1 Å². The molecular weight excluding hydrogens is 548 g/mol. The van der Waals surface area contributed by atoms with Gasteiger partial charge in [0.2, 0.25) is 0 Å². The first-order chi connectivity index (χ1) is 18.6. The normalized spacial score (nSPS) is 17.0. The topological polar surface area (TPSA) is 143 Å². The van der Waals surface area contributed by atoms with Crippen molar-refractivity contribution in [2.24, 2.45) is 0 Å². The van der Waals surface area contributed by atoms with Crippen LogP contribution in [0.25, 0.3) is 0 Å². The van der Waals surface area contributed by atoms with Crippen molar-refractivity contribution in [1.29, 1.82) is 0 Å². The van der Waals surface area contributed by atoms with Crippen molar-refractivity contribution in [3.8, 4) is 11.5 Å². The minimum Gasteiger partial charge on any atom is -0.496 e. The van der Waals surface area contributed by atoms with Crippen LogP contribution in [-0.2, 0) is 14.8 Å². The van der Waals surface area contributed by atoms with Gasteiger partial charge in [0.15, 0.2) is 5.78 Å². The van der Waals surface area contributed by atoms with Crippen LogP contribution in [0.15, 0.2) is 41.3 Å². The van der Waals surface area contributed by atoms with Crippen molar-refractivity contribution in [3.05, 3.63) is 47.0 Å². The number of carbonyl (C=O) groups excluding carboxylic acids is 3. The maximum atomic E-state index is 13.0. The van der Waals surface area contributed by atoms with E-state index < -0.39 is 21.6 Å². The first kappa shape index (κ1) is 28.7. The van der Waals surface area contributed by atoms with E-state index in [1.165, 1.54) is 50.6 Å². The Morgan fingerprint density at radius 1 is 1.05 bits per heavy atom. The number of hydrogen-bond acceptors (Lipinski definition) is 8. The lowest BCUT2D eigenvalue weighted by Crippen LogP contribution is -2.54. The Balaban J connectivity index is 1.34. The molecular formula is C26H31ClN4O7S. The number of urea groups is 1. The number of anilines is 1. The Bertz CT molecular complexity index is 1360. The number of Topliss-reactive ketones (excluding diaryl/α,β-unsaturated/α-hetero) is 1. The lowest BCUT2D eigenvalue weighted by atomic mass is 9.87. The molecule has 0 atom stereocenters. The van der Waals surface area contributed by atoms with Crippen LogP contribution in [0, 0.1) is 0 Å². The van der Waals surface area contributed by atoms with E-state index in [0.717, 1.165) is 13.0 Å². The molecule has 0 radical (unpaired) electrons. The molecule has 2 aliphatic heterocycles. The van der Waals surface area contributed by atoms with Gasteiger partial charge in [0, 0.05) is 30.6 Å². The maximum absolute atomic E-state index is 13.0. The van der Waals surface area contributed by atoms with Crippen molar-refractivity contribution >= 4 is 45.0 Å². The molecule has 13 heteroatoms. The molecule has 0 saturated carbocycles. The minimum absolute atomic E-state index is 0.0215. The average molecular weight is 579 g/mol. The van der Waals surface area contributed by atoms with Gasteiger partial charge in [-0.1, -0.05) is 11.6 Å². The van der Waals surface area contributed by atoms with E-state index in [0.29, 0.717) is 42.9 Å². The van der Waals surface area contributed by atoms with Crippen molar-refractivity contribution in [2.75, 3.05) is 38.6 Å². The molecule has 11 nitrogen and oxygen atoms in total. The lowest BCUT2D eigenvalue weighted by molar-refractivity contribution is -0.125. The number of amides is 3. The van der Waals surface area contributed by atoms with Gasteiger partial charge in [-0.25, -0.2) is 13.2 Å². The molecule has 0 aliphatic carbocycles. The molecule has 2 fully saturated rings. The van der Waals surface area contributed by atoms with Crippen molar-refractivity contribution in [3.63, 3.8) is 0 Å². The molecule has 2 heterocycles. The summed E-state index contributed by atoms with van der Waals surface area (Å²) in [6.45, 7) is 2.13. The molecule has 39 heavy (non-hydrogen) atoms. The number of halogens is 1. The number of methoxy groups -OCH3 is 2. The molecule has 0 aromatic heterocycles. The van der Waals surface area contributed by atoms with Gasteiger partial charge in [-0.15, -0.1) is 0 Å². The number of benzene rings is 2. The summed E-state index contributed by atoms with van der Waals surface area (Å²) in [6.07, 6.45) is 2.78. The number of sulfonamides is 1. The van der Waals surface area contributed by atoms with Crippen LogP contribution >= 0.6 is 11.6 Å². The van der Waals surface area contributed by atoms with E-state index in [-0.39, 0.29) is 40.2 Å². The number of nitrogens with one attached hydrogen (secondary N) is 3. The molecule has 3 amide bonds. The van der Waals surface area contributed by atoms with Gasteiger partial charge >= 0.3 is 6.03 Å². The second-order valence-corrected chi connectivity index (χ2v) is 11.6. The summed E-state index contributed by atoms with van der Waals surface area (Å²) in [4.78, 5) is 38.9. The number of piperidine rings is 1. The molecule has 2 saturated heterocycles. The van der Waals surface area contributed by atoms with Crippen LogP contribution in [0.4, 0.5) is 10.5 Å². The molecule has 2 aliphatic rings. The molecule has 0 unspecified atom stereocenters. The van der Waals surface area contributed by atoms with Crippen LogP contribution in [0.3, 0.4) is 0 Å². The van der Waals surface area contributed by atoms with E-state index in [1.807, 2.05) is 0 Å². The summed E-state index contributed by atoms with van der Waals surface area (Å²) in [5.41, 5.74) is -0.364. The summed E-state index contributed by atoms with van der Waals surface area (Å²) in [7, 11) is -1.14. The summed E-state index contributed by atoms with van der Waals surface area (Å²) in [6, 6.07) is 8.20. The molecule has 3 N–H and O–H groups in total. The van der Waals surface area contributed by atoms with Crippen LogP contribution in [-0.4, -0.2) is 70.4 Å². The van der Waals surface area contributed by atoms with Crippen LogP contribution in [0.5, 0.6) is 11.5 Å². The fraction of sp³-hybridized carbons (Fsp3) is 0.423. The Kier molecular flexibility index (Phi) is 8.67. The quantitative estimate of drug-likeness (QED) is 0.210. The Hall–Kier alpha value is -3.35. The zero-order chi connectivity index (χ0) is 28.2. The number of ether oxygens (including phenoxy) is 2. The maximum Gasteiger partial charge on any atom is 0.322 e. The molecule has 2 aromatic carbocycles. The van der Waals surface area contributed by atoms with Gasteiger partial charge in [-0.2, -0.15) is 0 Å². The second kappa shape index (κ2) is 11.8. The SMILES string of the molecule is COc1cc(C(=O)CCCCN2CCC3(CC2)NC(=O)NC3=O)c(OC)cc1NS(=O)(=O)c1ccc(Cl)cc1. The number of hydrogen-bond donors (Lipinski definition) is 3. The second-order valence-electron chi connectivity index (χ2n) is 9.52. The Labute approximate surface area is 232 Å². The Morgan fingerprint density at radius 3 is 2.31 bits per heavy atom. The van der Waals surface area contributed by atoms with Crippen molar-refractivity contribution in [1.82, 2.24) is 15.5 Å². The summed E-state index contributed by atoms with van der Waals surface area (Å²) in [5.74, 6) is 0.000844. The number of nitrogens with zero attached hydrogens (tertiary/aromatic N) is 1. The largest absolute Gasteiger partial charge is 0.496 e. The average Bonchev–Trinajstić information content (AvgIpc) is 3.19. The number of imide groups is 1. The van der Waals surface area contributed by atoms with Crippen LogP contribution in [0.1, 0.15) is 42.5 Å². The van der Waals surface area contributed by atoms with E-state index in [9.17, 15) is 22.8 Å². The van der Waals surface area contributed by atoms with Gasteiger partial charge < -0.3 is 19.7 Å². The van der Waals surface area contributed by atoms with Gasteiger partial charge in [-0.05, 0) is 62.6 Å². The van der Waals surface area contributed by atoms with Gasteiger partial charge in [0.05, 0.1) is 30.4 Å². The molecule has 1 spiro atoms. The standard InChI is InChI=1S/C26H31ClN4O7S/c1-37-22-16-20(30-39(35,36)18-8-6-17(27)7-9-18)23(38-2)15-19(22)21(32)5-3-4-12-31-13-10-26(11-14-31)24(33)28-25(34)29-26/h6-9,15-16,30H,3-5,10-14H2,1-2H3,(H2,28,29,33,34). The molecule has 2 aromatic rings. The summed E-state index contributed by atoms with van der Waals surface area (Å²) in [5, 5.41) is 5.47. The third kappa shape index (κ3) is 6.45. The fourth-order valence-corrected chi connectivity index (χ4v) is 5.99. The predicted molar refractivity (Wildman–Crippen MR) is 145 cm³/mol. The van der Waals surface area contributed by atoms with E-state index in [1.54, 1.807) is 0 Å². The zero-order valence-electron chi connectivity index (χ0n) is 21.7. The smallest absolute Gasteiger partial charge is 0.322 e. The highest BCUT2D eigenvalue weighted by Crippen LogP contribution is 2.35. The highest BCUT2D eigenvalue weighted by Gasteiger charge is 2.47. The zero-order valence-corrected chi connectivity index (χ0v) is 23.3. The monoisotopic (exact) mass is 578 g/mol. The predicted octanol–water partition coefficient (Wildman–Crippen LogP) is 3.19. The molecule has 210 valence electrons. The van der Waals surface area contributed by atoms with E-state index in [2.05, 4.69) is 20.3 Å². The number of rotatable bonds is 11. The third-order valence-electron chi connectivity index (χ3n) is 7.04. The van der Waals surface area contributed by atoms with Crippen molar-refractivity contribution < 1.29 is 32.3 Å². The van der Waals surface area contributed by atoms with Crippen LogP contribution < -0.4 is 24.8 Å². The third-order valence-corrected chi connectivity index (χ3v) is 8.68. The van der Waals surface area contributed by atoms with Gasteiger partial charge in [-0.3, -0.25) is 19.6 Å². The van der Waals surface area contributed by atoms with Crippen molar-refractivity contribution in [2.45, 2.75) is 42.5 Å². The number of ketones is 1. The summed E-state index contributed by atoms with van der Waals surface area (Å²) < 4.78 is 39.0. The molecule has 4 rings (SSSR count). The first-order valence-electron chi connectivity index (χ1n) is 12.5. The number of likely N-dealkylation sites (tertiary alicyclic amines) is 1. The van der Waals surface area contributed by atoms with Gasteiger partial charge in [0.1, 0.15) is 17.0 Å². The minimum atomic E-state index is -3.94. The number of carbonyl (C=O) groups is 3. The fourth-order valence-electron chi connectivity index (χ4n) is 4.81. The Morgan fingerprint density at radius 2 is 1.72 bits per heavy atom. The number of unbranched alkanes of at least 4 members (excludes halogenated alkanes) is 1. The van der Waals surface area contributed by atoms with E-state index >= 15 is 0 Å². The summed E-state index contributed by atoms with van der Waals surface area (Å²) >= 11 is 5.86. The van der Waals surface area contributed by atoms with Gasteiger partial charge in [0.25, 0.3) is 15.9 Å². The lowest BCUT2D eigenvalue weighted by Gasteiger charge is -2.36. The highest BCUT2D eigenvalue weighted by atomic mass is 35.5. The first-order valence-corrected chi connectivity index (χ1v) is 14.4. The highest BCUT2D eigenvalue weighted by molar-refractivity contribution is 7.92. The van der Waals surface area contributed by atoms with Crippen LogP contribution in [0.2, 0.25) is 5.02 Å².